The van der Waals surface area contributed by atoms with Gasteiger partial charge in [0.25, 0.3) is 0 Å². The Hall–Kier alpha value is -1.57. The minimum absolute atomic E-state index is 0.263. The first-order valence-corrected chi connectivity index (χ1v) is 8.28. The highest BCUT2D eigenvalue weighted by Crippen LogP contribution is 2.18. The minimum atomic E-state index is 0.263. The molecule has 0 bridgehead atoms. The van der Waals surface area contributed by atoms with Crippen molar-refractivity contribution >= 4 is 0 Å². The summed E-state index contributed by atoms with van der Waals surface area (Å²) in [6.07, 6.45) is 1.92. The van der Waals surface area contributed by atoms with Crippen molar-refractivity contribution in [2.75, 3.05) is 32.7 Å². The molecule has 1 unspecified atom stereocenters. The minimum Gasteiger partial charge on any atom is -0.491 e. The fraction of sp³-hybridized carbons (Fsp3) is 0.611. The molecule has 0 aromatic heterocycles. The zero-order chi connectivity index (χ0) is 15.8. The zero-order valence-corrected chi connectivity index (χ0v) is 13.8. The lowest BCUT2D eigenvalue weighted by Gasteiger charge is -2.34. The molecule has 1 aliphatic heterocycles. The van der Waals surface area contributed by atoms with Gasteiger partial charge in [-0.25, -0.2) is 0 Å². The Kier molecular flexibility index (Phi) is 6.70. The predicted octanol–water partition coefficient (Wildman–Crippen LogP) is 2.90. The lowest BCUT2D eigenvalue weighted by atomic mass is 10.2. The van der Waals surface area contributed by atoms with Gasteiger partial charge in [-0.3, -0.25) is 9.80 Å². The fourth-order valence-corrected chi connectivity index (χ4v) is 2.67. The van der Waals surface area contributed by atoms with Crippen LogP contribution in [0.15, 0.2) is 24.3 Å². The Balaban J connectivity index is 1.82. The van der Waals surface area contributed by atoms with Crippen LogP contribution in [0.5, 0.6) is 5.75 Å². The molecule has 0 radical (unpaired) electrons. The molecule has 1 atom stereocenters. The maximum atomic E-state index is 8.65. The summed E-state index contributed by atoms with van der Waals surface area (Å²) in [6, 6.07) is 10.7. The second-order valence-corrected chi connectivity index (χ2v) is 6.01. The lowest BCUT2D eigenvalue weighted by Crippen LogP contribution is -2.46. The molecule has 120 valence electrons. The van der Waals surface area contributed by atoms with Gasteiger partial charge in [0.1, 0.15) is 5.75 Å². The molecule has 1 aliphatic rings. The monoisotopic (exact) mass is 301 g/mol. The molecule has 1 aromatic carbocycles. The molecule has 1 saturated heterocycles. The quantitative estimate of drug-likeness (QED) is 0.776. The summed E-state index contributed by atoms with van der Waals surface area (Å²) in [5, 5.41) is 8.65. The number of hydrogen-bond donors (Lipinski definition) is 0. The molecule has 0 saturated carbocycles. The molecule has 4 heteroatoms. The molecule has 4 nitrogen and oxygen atoms in total. The Morgan fingerprint density at radius 1 is 1.23 bits per heavy atom. The van der Waals surface area contributed by atoms with Crippen LogP contribution >= 0.6 is 0 Å². The fourth-order valence-electron chi connectivity index (χ4n) is 2.67. The summed E-state index contributed by atoms with van der Waals surface area (Å²) in [5.74, 6) is 0.972. The van der Waals surface area contributed by atoms with Crippen LogP contribution in [0.3, 0.4) is 0 Å². The van der Waals surface area contributed by atoms with E-state index in [2.05, 4.69) is 47.9 Å². The van der Waals surface area contributed by atoms with E-state index in [-0.39, 0.29) is 6.10 Å². The number of piperazine rings is 1. The maximum Gasteiger partial charge on any atom is 0.120 e. The summed E-state index contributed by atoms with van der Waals surface area (Å²) in [6.45, 7) is 10.4. The normalized spacial score (nSPS) is 17.9. The van der Waals surface area contributed by atoms with E-state index in [9.17, 15) is 0 Å². The van der Waals surface area contributed by atoms with Crippen molar-refractivity contribution in [1.82, 2.24) is 9.80 Å². The van der Waals surface area contributed by atoms with E-state index in [4.69, 9.17) is 10.00 Å². The Bertz CT molecular complexity index is 489. The van der Waals surface area contributed by atoms with Gasteiger partial charge in [-0.1, -0.05) is 19.1 Å². The second kappa shape index (κ2) is 8.77. The van der Waals surface area contributed by atoms with Crippen molar-refractivity contribution in [3.63, 3.8) is 0 Å². The number of nitrogens with zero attached hydrogens (tertiary/aromatic N) is 3. The Labute approximate surface area is 134 Å². The van der Waals surface area contributed by atoms with Crippen molar-refractivity contribution in [2.24, 2.45) is 0 Å². The van der Waals surface area contributed by atoms with Crippen LogP contribution in [-0.4, -0.2) is 48.6 Å². The van der Waals surface area contributed by atoms with E-state index in [0.717, 1.165) is 51.4 Å². The largest absolute Gasteiger partial charge is 0.491 e. The molecule has 1 aromatic rings. The number of hydrogen-bond acceptors (Lipinski definition) is 4. The van der Waals surface area contributed by atoms with E-state index in [1.54, 1.807) is 0 Å². The maximum absolute atomic E-state index is 8.65. The van der Waals surface area contributed by atoms with Crippen LogP contribution in [0.1, 0.15) is 32.3 Å². The van der Waals surface area contributed by atoms with Crippen molar-refractivity contribution in [3.8, 4) is 11.8 Å². The number of benzene rings is 1. The SMILES string of the molecule is CCC(C)Oc1cccc(CN2CCN(CCC#N)CC2)c1. The number of ether oxygens (including phenoxy) is 1. The molecule has 0 amide bonds. The van der Waals surface area contributed by atoms with Crippen LogP contribution in [0.25, 0.3) is 0 Å². The predicted molar refractivity (Wildman–Crippen MR) is 88.8 cm³/mol. The first-order valence-electron chi connectivity index (χ1n) is 8.28. The van der Waals surface area contributed by atoms with Crippen LogP contribution in [0, 0.1) is 11.3 Å². The van der Waals surface area contributed by atoms with Crippen LogP contribution in [0.2, 0.25) is 0 Å². The first kappa shape index (κ1) is 16.8. The molecule has 0 aliphatic carbocycles. The topological polar surface area (TPSA) is 39.5 Å². The van der Waals surface area contributed by atoms with E-state index < -0.39 is 0 Å². The molecule has 1 fully saturated rings. The van der Waals surface area contributed by atoms with Crippen molar-refractivity contribution in [3.05, 3.63) is 29.8 Å². The third-order valence-electron chi connectivity index (χ3n) is 4.22. The molecule has 22 heavy (non-hydrogen) atoms. The summed E-state index contributed by atoms with van der Waals surface area (Å²) in [4.78, 5) is 4.85. The molecular formula is C18H27N3O. The van der Waals surface area contributed by atoms with Crippen LogP contribution < -0.4 is 4.74 Å². The standard InChI is InChI=1S/C18H27N3O/c1-3-16(2)22-18-7-4-6-17(14-18)15-21-12-10-20(11-13-21)9-5-8-19/h4,6-7,14,16H,3,5,9-13,15H2,1-2H3. The van der Waals surface area contributed by atoms with E-state index in [1.165, 1.54) is 5.56 Å². The van der Waals surface area contributed by atoms with E-state index in [1.807, 2.05) is 6.07 Å². The van der Waals surface area contributed by atoms with Crippen LogP contribution in [0.4, 0.5) is 0 Å². The highest BCUT2D eigenvalue weighted by atomic mass is 16.5. The summed E-state index contributed by atoms with van der Waals surface area (Å²) in [5.41, 5.74) is 1.31. The smallest absolute Gasteiger partial charge is 0.120 e. The number of nitriles is 1. The van der Waals surface area contributed by atoms with E-state index >= 15 is 0 Å². The third kappa shape index (κ3) is 5.32. The van der Waals surface area contributed by atoms with Crippen molar-refractivity contribution in [2.45, 2.75) is 39.3 Å². The zero-order valence-electron chi connectivity index (χ0n) is 13.8. The molecule has 0 spiro atoms. The van der Waals surface area contributed by atoms with Crippen LogP contribution in [-0.2, 0) is 6.54 Å². The van der Waals surface area contributed by atoms with Gasteiger partial charge >= 0.3 is 0 Å². The van der Waals surface area contributed by atoms with Gasteiger partial charge in [-0.05, 0) is 31.0 Å². The van der Waals surface area contributed by atoms with Gasteiger partial charge in [-0.15, -0.1) is 0 Å². The highest BCUT2D eigenvalue weighted by Gasteiger charge is 2.16. The van der Waals surface area contributed by atoms with Gasteiger partial charge in [0.15, 0.2) is 0 Å². The van der Waals surface area contributed by atoms with E-state index in [0.29, 0.717) is 6.42 Å². The summed E-state index contributed by atoms with van der Waals surface area (Å²) in [7, 11) is 0. The first-order chi connectivity index (χ1) is 10.7. The number of rotatable bonds is 7. The molecule has 2 rings (SSSR count). The highest BCUT2D eigenvalue weighted by molar-refractivity contribution is 5.28. The molecule has 1 heterocycles. The molecule has 0 N–H and O–H groups in total. The second-order valence-electron chi connectivity index (χ2n) is 6.01. The average Bonchev–Trinajstić information content (AvgIpc) is 2.54. The summed E-state index contributed by atoms with van der Waals surface area (Å²) < 4.78 is 5.90. The third-order valence-corrected chi connectivity index (χ3v) is 4.22. The van der Waals surface area contributed by atoms with Gasteiger partial charge in [0.05, 0.1) is 12.2 Å². The van der Waals surface area contributed by atoms with Crippen molar-refractivity contribution in [1.29, 1.82) is 5.26 Å². The summed E-state index contributed by atoms with van der Waals surface area (Å²) >= 11 is 0. The van der Waals surface area contributed by atoms with Gasteiger partial charge in [0, 0.05) is 45.7 Å². The van der Waals surface area contributed by atoms with Gasteiger partial charge < -0.3 is 4.74 Å². The Morgan fingerprint density at radius 3 is 2.64 bits per heavy atom. The lowest BCUT2D eigenvalue weighted by molar-refractivity contribution is 0.129. The average molecular weight is 301 g/mol. The van der Waals surface area contributed by atoms with Gasteiger partial charge in [-0.2, -0.15) is 5.26 Å². The van der Waals surface area contributed by atoms with Crippen molar-refractivity contribution < 1.29 is 4.74 Å². The Morgan fingerprint density at radius 2 is 1.95 bits per heavy atom. The molecular weight excluding hydrogens is 274 g/mol. The van der Waals surface area contributed by atoms with Gasteiger partial charge in [0.2, 0.25) is 0 Å².